The fourth-order valence-corrected chi connectivity index (χ4v) is 4.85. The standard InChI is InChI=1S/C23H19ClF4N6O2/c1-22(21-31-14-10-12(23(26,27)28)13(24)11-15(14)32-21)6-3-9-33(22)20(35)18-16(34-29-7-8-30-34)4-5-17(36-2)19(18)25/h4-5,7-8,10-11H,3,6,9H2,1-2H3,(H,31,32)/t22-/m0/s1. The molecule has 0 unspecified atom stereocenters. The van der Waals surface area contributed by atoms with Gasteiger partial charge in [-0.3, -0.25) is 4.79 Å². The first-order valence-corrected chi connectivity index (χ1v) is 11.2. The summed E-state index contributed by atoms with van der Waals surface area (Å²) < 4.78 is 60.6. The van der Waals surface area contributed by atoms with Gasteiger partial charge >= 0.3 is 6.18 Å². The molecular weight excluding hydrogens is 504 g/mol. The lowest BCUT2D eigenvalue weighted by atomic mass is 9.96. The highest BCUT2D eigenvalue weighted by Gasteiger charge is 2.45. The largest absolute Gasteiger partial charge is 0.494 e. The van der Waals surface area contributed by atoms with Crippen LogP contribution >= 0.6 is 11.6 Å². The maximum Gasteiger partial charge on any atom is 0.417 e. The Morgan fingerprint density at radius 1 is 1.22 bits per heavy atom. The number of hydrogen-bond acceptors (Lipinski definition) is 5. The first-order valence-electron chi connectivity index (χ1n) is 10.9. The van der Waals surface area contributed by atoms with Crippen molar-refractivity contribution in [1.29, 1.82) is 0 Å². The third-order valence-electron chi connectivity index (χ3n) is 6.42. The molecule has 13 heteroatoms. The van der Waals surface area contributed by atoms with E-state index >= 15 is 4.39 Å². The molecule has 1 saturated heterocycles. The summed E-state index contributed by atoms with van der Waals surface area (Å²) in [5.41, 5.74) is -1.90. The van der Waals surface area contributed by atoms with Gasteiger partial charge in [-0.15, -0.1) is 0 Å². The number of fused-ring (bicyclic) bond motifs is 1. The number of amides is 1. The van der Waals surface area contributed by atoms with Gasteiger partial charge in [0.25, 0.3) is 5.91 Å². The molecular formula is C23H19ClF4N6O2. The van der Waals surface area contributed by atoms with Crippen LogP contribution in [0, 0.1) is 5.82 Å². The van der Waals surface area contributed by atoms with E-state index in [1.54, 1.807) is 6.92 Å². The number of aromatic amines is 1. The molecule has 1 atom stereocenters. The smallest absolute Gasteiger partial charge is 0.417 e. The van der Waals surface area contributed by atoms with Crippen LogP contribution in [0.2, 0.25) is 5.02 Å². The zero-order chi connectivity index (χ0) is 25.8. The zero-order valence-corrected chi connectivity index (χ0v) is 19.8. The summed E-state index contributed by atoms with van der Waals surface area (Å²) in [4.78, 5) is 23.8. The number of nitrogens with one attached hydrogen (secondary N) is 1. The van der Waals surface area contributed by atoms with E-state index in [9.17, 15) is 18.0 Å². The molecule has 1 aliphatic heterocycles. The molecule has 36 heavy (non-hydrogen) atoms. The SMILES string of the molecule is COc1ccc(-n2nccn2)c(C(=O)N2CCC[C@@]2(C)c2nc3cc(Cl)c(C(F)(F)F)cc3[nH]2)c1F. The summed E-state index contributed by atoms with van der Waals surface area (Å²) in [7, 11) is 1.28. The van der Waals surface area contributed by atoms with Gasteiger partial charge in [0.15, 0.2) is 11.6 Å². The first kappa shape index (κ1) is 24.0. The Morgan fingerprint density at radius 2 is 1.94 bits per heavy atom. The maximum absolute atomic E-state index is 15.5. The van der Waals surface area contributed by atoms with Gasteiger partial charge < -0.3 is 14.6 Å². The van der Waals surface area contributed by atoms with Crippen LogP contribution < -0.4 is 4.74 Å². The van der Waals surface area contributed by atoms with Crippen LogP contribution in [0.3, 0.4) is 0 Å². The number of aromatic nitrogens is 5. The quantitative estimate of drug-likeness (QED) is 0.376. The van der Waals surface area contributed by atoms with Crippen molar-refractivity contribution in [3.63, 3.8) is 0 Å². The molecule has 1 aliphatic rings. The van der Waals surface area contributed by atoms with E-state index in [0.29, 0.717) is 12.8 Å². The lowest BCUT2D eigenvalue weighted by Crippen LogP contribution is -2.44. The summed E-state index contributed by atoms with van der Waals surface area (Å²) in [5, 5.41) is 7.55. The van der Waals surface area contributed by atoms with E-state index < -0.39 is 34.0 Å². The lowest BCUT2D eigenvalue weighted by Gasteiger charge is -2.34. The van der Waals surface area contributed by atoms with Gasteiger partial charge in [0, 0.05) is 6.54 Å². The van der Waals surface area contributed by atoms with Crippen molar-refractivity contribution >= 4 is 28.5 Å². The second kappa shape index (κ2) is 8.47. The van der Waals surface area contributed by atoms with Gasteiger partial charge in [-0.1, -0.05) is 11.6 Å². The number of methoxy groups -OCH3 is 1. The monoisotopic (exact) mass is 522 g/mol. The third-order valence-corrected chi connectivity index (χ3v) is 6.74. The van der Waals surface area contributed by atoms with Gasteiger partial charge in [0.05, 0.1) is 46.7 Å². The molecule has 1 N–H and O–H groups in total. The average Bonchev–Trinajstić information content (AvgIpc) is 3.57. The molecule has 0 saturated carbocycles. The molecule has 5 rings (SSSR count). The maximum atomic E-state index is 15.5. The third kappa shape index (κ3) is 3.76. The van der Waals surface area contributed by atoms with Crippen molar-refractivity contribution < 1.29 is 27.1 Å². The van der Waals surface area contributed by atoms with E-state index in [1.807, 2.05) is 0 Å². The summed E-state index contributed by atoms with van der Waals surface area (Å²) in [6.07, 6.45) is -0.846. The van der Waals surface area contributed by atoms with Crippen LogP contribution in [0.5, 0.6) is 5.75 Å². The molecule has 3 heterocycles. The Balaban J connectivity index is 1.61. The van der Waals surface area contributed by atoms with E-state index in [4.69, 9.17) is 16.3 Å². The van der Waals surface area contributed by atoms with Crippen molar-refractivity contribution in [3.05, 3.63) is 64.5 Å². The fourth-order valence-electron chi connectivity index (χ4n) is 4.59. The van der Waals surface area contributed by atoms with Crippen LogP contribution in [0.25, 0.3) is 16.7 Å². The molecule has 8 nitrogen and oxygen atoms in total. The molecule has 4 aromatic rings. The van der Waals surface area contributed by atoms with E-state index in [2.05, 4.69) is 20.2 Å². The predicted octanol–water partition coefficient (Wildman–Crippen LogP) is 5.11. The Hall–Kier alpha value is -3.67. The predicted molar refractivity (Wildman–Crippen MR) is 122 cm³/mol. The Morgan fingerprint density at radius 3 is 2.61 bits per heavy atom. The van der Waals surface area contributed by atoms with Crippen molar-refractivity contribution in [2.75, 3.05) is 13.7 Å². The van der Waals surface area contributed by atoms with Crippen LogP contribution in [0.1, 0.15) is 41.5 Å². The van der Waals surface area contributed by atoms with Crippen molar-refractivity contribution in [2.45, 2.75) is 31.5 Å². The van der Waals surface area contributed by atoms with Gasteiger partial charge in [0.2, 0.25) is 0 Å². The molecule has 2 aromatic heterocycles. The lowest BCUT2D eigenvalue weighted by molar-refractivity contribution is -0.137. The molecule has 0 bridgehead atoms. The van der Waals surface area contributed by atoms with Crippen molar-refractivity contribution in [2.24, 2.45) is 0 Å². The van der Waals surface area contributed by atoms with Crippen LogP contribution in [0.15, 0.2) is 36.7 Å². The van der Waals surface area contributed by atoms with Gasteiger partial charge in [-0.05, 0) is 44.0 Å². The number of carbonyl (C=O) groups excluding carboxylic acids is 1. The highest BCUT2D eigenvalue weighted by molar-refractivity contribution is 6.32. The van der Waals surface area contributed by atoms with Crippen LogP contribution in [0.4, 0.5) is 17.6 Å². The number of rotatable bonds is 4. The molecule has 0 radical (unpaired) electrons. The highest BCUT2D eigenvalue weighted by Crippen LogP contribution is 2.42. The number of benzene rings is 2. The summed E-state index contributed by atoms with van der Waals surface area (Å²) in [6.45, 7) is 2.00. The van der Waals surface area contributed by atoms with Crippen molar-refractivity contribution in [3.8, 4) is 11.4 Å². The topological polar surface area (TPSA) is 88.9 Å². The minimum atomic E-state index is -4.64. The average molecular weight is 523 g/mol. The molecule has 0 spiro atoms. The highest BCUT2D eigenvalue weighted by atomic mass is 35.5. The Kier molecular flexibility index (Phi) is 5.66. The minimum absolute atomic E-state index is 0.115. The van der Waals surface area contributed by atoms with E-state index in [-0.39, 0.29) is 40.4 Å². The summed E-state index contributed by atoms with van der Waals surface area (Å²) >= 11 is 5.86. The molecule has 1 amide bonds. The normalized spacial score (nSPS) is 18.2. The number of imidazole rings is 1. The number of alkyl halides is 3. The van der Waals surface area contributed by atoms with Crippen LogP contribution in [-0.4, -0.2) is 49.4 Å². The van der Waals surface area contributed by atoms with E-state index in [1.165, 1.54) is 36.5 Å². The first-order chi connectivity index (χ1) is 17.0. The minimum Gasteiger partial charge on any atom is -0.494 e. The van der Waals surface area contributed by atoms with Gasteiger partial charge in [-0.2, -0.15) is 28.2 Å². The fraction of sp³-hybridized carbons (Fsp3) is 0.304. The van der Waals surface area contributed by atoms with E-state index in [0.717, 1.165) is 16.9 Å². The number of nitrogens with zero attached hydrogens (tertiary/aromatic N) is 5. The number of likely N-dealkylation sites (tertiary alicyclic amines) is 1. The Bertz CT molecular complexity index is 1470. The molecule has 1 fully saturated rings. The summed E-state index contributed by atoms with van der Waals surface area (Å²) in [6, 6.07) is 4.87. The van der Waals surface area contributed by atoms with Crippen molar-refractivity contribution in [1.82, 2.24) is 29.9 Å². The number of carbonyl (C=O) groups is 1. The number of H-pyrrole nitrogens is 1. The second-order valence-corrected chi connectivity index (χ2v) is 8.97. The molecule has 0 aliphatic carbocycles. The Labute approximate surface area is 206 Å². The number of hydrogen-bond donors (Lipinski definition) is 1. The molecule has 2 aromatic carbocycles. The van der Waals surface area contributed by atoms with Crippen LogP contribution in [-0.2, 0) is 11.7 Å². The van der Waals surface area contributed by atoms with Gasteiger partial charge in [0.1, 0.15) is 17.1 Å². The number of halogens is 5. The zero-order valence-electron chi connectivity index (χ0n) is 19.0. The second-order valence-electron chi connectivity index (χ2n) is 8.56. The summed E-state index contributed by atoms with van der Waals surface area (Å²) in [5.74, 6) is -1.40. The number of ether oxygens (including phenoxy) is 1. The molecule has 188 valence electrons. The van der Waals surface area contributed by atoms with Gasteiger partial charge in [-0.25, -0.2) is 9.37 Å².